The SMILES string of the molecule is CC(C)c1cccc2c1oc1c(-c3ncnc4cc(-c5cccc6ccccc56)ccc34)cccc12. The standard InChI is InChI=1S/C33H24N2O/c1-20(2)23-11-6-13-26-27-14-7-15-29(33(27)36-32(23)26)31-28-17-16-22(18-30(28)34-19-35-31)25-12-5-9-21-8-3-4-10-24(21)25/h3-20H,1-2H3. The Labute approximate surface area is 209 Å². The molecule has 3 nitrogen and oxygen atoms in total. The smallest absolute Gasteiger partial charge is 0.144 e. The first-order valence-electron chi connectivity index (χ1n) is 12.4. The maximum absolute atomic E-state index is 6.56. The van der Waals surface area contributed by atoms with E-state index in [2.05, 4.69) is 116 Å². The van der Waals surface area contributed by atoms with E-state index >= 15 is 0 Å². The van der Waals surface area contributed by atoms with Crippen molar-refractivity contribution in [3.63, 3.8) is 0 Å². The van der Waals surface area contributed by atoms with Gasteiger partial charge in [0.15, 0.2) is 0 Å². The highest BCUT2D eigenvalue weighted by atomic mass is 16.3. The van der Waals surface area contributed by atoms with Gasteiger partial charge in [0.25, 0.3) is 0 Å². The quantitative estimate of drug-likeness (QED) is 0.262. The van der Waals surface area contributed by atoms with E-state index in [4.69, 9.17) is 9.40 Å². The van der Waals surface area contributed by atoms with Crippen LogP contribution < -0.4 is 0 Å². The number of rotatable bonds is 3. The Morgan fingerprint density at radius 1 is 0.611 bits per heavy atom. The van der Waals surface area contributed by atoms with E-state index in [1.165, 1.54) is 21.9 Å². The Bertz CT molecular complexity index is 1920. The predicted octanol–water partition coefficient (Wildman–Crippen LogP) is 9.14. The van der Waals surface area contributed by atoms with E-state index in [-0.39, 0.29) is 0 Å². The molecule has 0 unspecified atom stereocenters. The first kappa shape index (κ1) is 20.8. The molecule has 3 heteroatoms. The van der Waals surface area contributed by atoms with Crippen molar-refractivity contribution in [2.24, 2.45) is 0 Å². The second-order valence-corrected chi connectivity index (χ2v) is 9.64. The third-order valence-electron chi connectivity index (χ3n) is 7.17. The zero-order chi connectivity index (χ0) is 24.2. The Balaban J connectivity index is 1.45. The molecule has 5 aromatic carbocycles. The summed E-state index contributed by atoms with van der Waals surface area (Å²) in [4.78, 5) is 9.39. The van der Waals surface area contributed by atoms with Gasteiger partial charge in [-0.2, -0.15) is 0 Å². The summed E-state index contributed by atoms with van der Waals surface area (Å²) in [5.74, 6) is 0.380. The number of fused-ring (bicyclic) bond motifs is 5. The van der Waals surface area contributed by atoms with Crippen molar-refractivity contribution >= 4 is 43.6 Å². The molecule has 7 aromatic rings. The van der Waals surface area contributed by atoms with Crippen LogP contribution in [-0.4, -0.2) is 9.97 Å². The Hall–Kier alpha value is -4.50. The average molecular weight is 465 g/mol. The van der Waals surface area contributed by atoms with Gasteiger partial charge in [-0.05, 0) is 51.6 Å². The molecule has 0 aliphatic carbocycles. The highest BCUT2D eigenvalue weighted by molar-refractivity contribution is 6.12. The molecule has 0 saturated heterocycles. The van der Waals surface area contributed by atoms with Crippen molar-refractivity contribution in [2.45, 2.75) is 19.8 Å². The van der Waals surface area contributed by atoms with Gasteiger partial charge in [-0.25, -0.2) is 9.97 Å². The van der Waals surface area contributed by atoms with Crippen molar-refractivity contribution in [2.75, 3.05) is 0 Å². The number of furan rings is 1. The van der Waals surface area contributed by atoms with Gasteiger partial charge in [0.2, 0.25) is 0 Å². The molecule has 36 heavy (non-hydrogen) atoms. The van der Waals surface area contributed by atoms with Gasteiger partial charge < -0.3 is 4.42 Å². The summed E-state index contributed by atoms with van der Waals surface area (Å²) in [5.41, 5.74) is 8.21. The van der Waals surface area contributed by atoms with Crippen LogP contribution in [0.5, 0.6) is 0 Å². The summed E-state index contributed by atoms with van der Waals surface area (Å²) >= 11 is 0. The number of para-hydroxylation sites is 2. The van der Waals surface area contributed by atoms with E-state index in [1.807, 2.05) is 0 Å². The maximum Gasteiger partial charge on any atom is 0.144 e. The Kier molecular flexibility index (Phi) is 4.65. The first-order chi connectivity index (χ1) is 17.7. The van der Waals surface area contributed by atoms with Gasteiger partial charge in [0, 0.05) is 21.7 Å². The van der Waals surface area contributed by atoms with Gasteiger partial charge in [0.05, 0.1) is 11.2 Å². The molecule has 0 fully saturated rings. The predicted molar refractivity (Wildman–Crippen MR) is 149 cm³/mol. The zero-order valence-electron chi connectivity index (χ0n) is 20.2. The lowest BCUT2D eigenvalue weighted by Gasteiger charge is -2.10. The lowest BCUT2D eigenvalue weighted by molar-refractivity contribution is 0.658. The summed E-state index contributed by atoms with van der Waals surface area (Å²) < 4.78 is 6.56. The molecule has 0 saturated carbocycles. The molecule has 0 atom stereocenters. The molecular formula is C33H24N2O. The van der Waals surface area contributed by atoms with E-state index < -0.39 is 0 Å². The summed E-state index contributed by atoms with van der Waals surface area (Å²) in [6.45, 7) is 4.41. The van der Waals surface area contributed by atoms with Crippen molar-refractivity contribution in [1.82, 2.24) is 9.97 Å². The molecule has 2 aromatic heterocycles. The summed E-state index contributed by atoms with van der Waals surface area (Å²) in [6, 6.07) is 34.2. The minimum atomic E-state index is 0.380. The largest absolute Gasteiger partial charge is 0.455 e. The lowest BCUT2D eigenvalue weighted by Crippen LogP contribution is -1.90. The summed E-state index contributed by atoms with van der Waals surface area (Å²) in [7, 11) is 0. The lowest BCUT2D eigenvalue weighted by atomic mass is 9.96. The summed E-state index contributed by atoms with van der Waals surface area (Å²) in [5, 5.41) is 5.75. The van der Waals surface area contributed by atoms with Crippen LogP contribution in [0.3, 0.4) is 0 Å². The number of hydrogen-bond acceptors (Lipinski definition) is 3. The van der Waals surface area contributed by atoms with Crippen LogP contribution in [0, 0.1) is 0 Å². The van der Waals surface area contributed by atoms with Crippen LogP contribution in [0.2, 0.25) is 0 Å². The third kappa shape index (κ3) is 3.13. The van der Waals surface area contributed by atoms with Crippen LogP contribution in [0.25, 0.3) is 66.0 Å². The molecule has 0 N–H and O–H groups in total. The molecular weight excluding hydrogens is 440 g/mol. The monoisotopic (exact) mass is 464 g/mol. The molecule has 0 amide bonds. The molecule has 0 aliphatic heterocycles. The van der Waals surface area contributed by atoms with E-state index in [9.17, 15) is 0 Å². The van der Waals surface area contributed by atoms with E-state index in [0.717, 1.165) is 49.7 Å². The van der Waals surface area contributed by atoms with Crippen LogP contribution in [-0.2, 0) is 0 Å². The number of hydrogen-bond donors (Lipinski definition) is 0. The van der Waals surface area contributed by atoms with Gasteiger partial charge in [-0.1, -0.05) is 92.7 Å². The Morgan fingerprint density at radius 3 is 2.22 bits per heavy atom. The second-order valence-electron chi connectivity index (χ2n) is 9.64. The van der Waals surface area contributed by atoms with E-state index in [1.54, 1.807) is 6.33 Å². The van der Waals surface area contributed by atoms with Crippen LogP contribution in [0.4, 0.5) is 0 Å². The summed E-state index contributed by atoms with van der Waals surface area (Å²) in [6.07, 6.45) is 1.66. The highest BCUT2D eigenvalue weighted by Crippen LogP contribution is 2.40. The first-order valence-corrected chi connectivity index (χ1v) is 12.4. The molecule has 0 radical (unpaired) electrons. The number of benzene rings is 5. The van der Waals surface area contributed by atoms with Crippen molar-refractivity contribution < 1.29 is 4.42 Å². The molecule has 2 heterocycles. The third-order valence-corrected chi connectivity index (χ3v) is 7.17. The number of nitrogens with zero attached hydrogens (tertiary/aromatic N) is 2. The minimum absolute atomic E-state index is 0.380. The molecule has 7 rings (SSSR count). The van der Waals surface area contributed by atoms with Gasteiger partial charge in [-0.3, -0.25) is 0 Å². The minimum Gasteiger partial charge on any atom is -0.455 e. The fourth-order valence-electron chi connectivity index (χ4n) is 5.40. The van der Waals surface area contributed by atoms with Crippen molar-refractivity contribution in [1.29, 1.82) is 0 Å². The van der Waals surface area contributed by atoms with Crippen molar-refractivity contribution in [3.05, 3.63) is 109 Å². The van der Waals surface area contributed by atoms with Gasteiger partial charge >= 0.3 is 0 Å². The average Bonchev–Trinajstić information content (AvgIpc) is 3.31. The van der Waals surface area contributed by atoms with Gasteiger partial charge in [-0.15, -0.1) is 0 Å². The van der Waals surface area contributed by atoms with Crippen LogP contribution in [0.1, 0.15) is 25.3 Å². The Morgan fingerprint density at radius 2 is 1.33 bits per heavy atom. The fourth-order valence-corrected chi connectivity index (χ4v) is 5.40. The topological polar surface area (TPSA) is 38.9 Å². The zero-order valence-corrected chi connectivity index (χ0v) is 20.2. The van der Waals surface area contributed by atoms with Crippen LogP contribution in [0.15, 0.2) is 108 Å². The molecule has 0 bridgehead atoms. The van der Waals surface area contributed by atoms with Crippen LogP contribution >= 0.6 is 0 Å². The van der Waals surface area contributed by atoms with Gasteiger partial charge in [0.1, 0.15) is 17.5 Å². The molecule has 0 spiro atoms. The number of aromatic nitrogens is 2. The fraction of sp³-hybridized carbons (Fsp3) is 0.0909. The van der Waals surface area contributed by atoms with E-state index in [0.29, 0.717) is 5.92 Å². The molecule has 0 aliphatic rings. The maximum atomic E-state index is 6.56. The molecule has 172 valence electrons. The normalized spacial score (nSPS) is 11.9. The van der Waals surface area contributed by atoms with Crippen molar-refractivity contribution in [3.8, 4) is 22.4 Å². The second kappa shape index (κ2) is 8.03. The highest BCUT2D eigenvalue weighted by Gasteiger charge is 2.18.